The summed E-state index contributed by atoms with van der Waals surface area (Å²) in [6.07, 6.45) is 3.20. The Kier molecular flexibility index (Phi) is 4.02. The number of hydrogen-bond donors (Lipinski definition) is 1. The molecule has 98 valence electrons. The lowest BCUT2D eigenvalue weighted by molar-refractivity contribution is 0.451. The van der Waals surface area contributed by atoms with Crippen molar-refractivity contribution >= 4 is 10.9 Å². The Labute approximate surface area is 109 Å². The van der Waals surface area contributed by atoms with Gasteiger partial charge in [0.15, 0.2) is 0 Å². The molecule has 0 spiro atoms. The van der Waals surface area contributed by atoms with Gasteiger partial charge in [-0.1, -0.05) is 32.0 Å². The number of aryl methyl sites for hydroxylation is 2. The van der Waals surface area contributed by atoms with E-state index in [0.717, 1.165) is 19.3 Å². The van der Waals surface area contributed by atoms with E-state index in [2.05, 4.69) is 43.2 Å². The number of benzene rings is 1. The van der Waals surface area contributed by atoms with Gasteiger partial charge in [-0.05, 0) is 31.2 Å². The summed E-state index contributed by atoms with van der Waals surface area (Å²) in [6.45, 7) is 4.36. The van der Waals surface area contributed by atoms with Crippen LogP contribution in [0, 0.1) is 5.92 Å². The molecule has 0 aliphatic carbocycles. The molecule has 0 saturated carbocycles. The maximum atomic E-state index is 6.07. The topological polar surface area (TPSA) is 43.8 Å². The Balaban J connectivity index is 2.04. The van der Waals surface area contributed by atoms with Gasteiger partial charge in [0, 0.05) is 18.5 Å². The summed E-state index contributed by atoms with van der Waals surface area (Å²) in [5.74, 6) is 0.561. The maximum absolute atomic E-state index is 6.07. The Hall–Kier alpha value is -1.35. The van der Waals surface area contributed by atoms with E-state index in [1.807, 2.05) is 11.7 Å². The highest BCUT2D eigenvalue weighted by Gasteiger charge is 2.10. The second kappa shape index (κ2) is 5.53. The van der Waals surface area contributed by atoms with Crippen molar-refractivity contribution in [1.29, 1.82) is 0 Å². The second-order valence-electron chi connectivity index (χ2n) is 5.39. The average molecular weight is 245 g/mol. The SMILES string of the molecule is CC(C)C(N)CCCc1nn(C)c2ccccc12. The van der Waals surface area contributed by atoms with Crippen LogP contribution in [0.4, 0.5) is 0 Å². The van der Waals surface area contributed by atoms with Crippen molar-refractivity contribution in [2.45, 2.75) is 39.2 Å². The molecule has 0 saturated heterocycles. The van der Waals surface area contributed by atoms with E-state index >= 15 is 0 Å². The molecule has 1 unspecified atom stereocenters. The quantitative estimate of drug-likeness (QED) is 0.880. The first-order chi connectivity index (χ1) is 8.59. The standard InChI is InChI=1S/C15H23N3/c1-11(2)13(16)8-6-9-14-12-7-4-5-10-15(12)18(3)17-14/h4-5,7,10-11,13H,6,8-9,16H2,1-3H3. The van der Waals surface area contributed by atoms with Crippen LogP contribution in [0.25, 0.3) is 10.9 Å². The third kappa shape index (κ3) is 2.72. The van der Waals surface area contributed by atoms with E-state index < -0.39 is 0 Å². The van der Waals surface area contributed by atoms with Crippen LogP contribution in [0.15, 0.2) is 24.3 Å². The summed E-state index contributed by atoms with van der Waals surface area (Å²) < 4.78 is 1.97. The zero-order valence-electron chi connectivity index (χ0n) is 11.6. The van der Waals surface area contributed by atoms with Gasteiger partial charge in [0.2, 0.25) is 0 Å². The Morgan fingerprint density at radius 2 is 2.00 bits per heavy atom. The molecule has 0 bridgehead atoms. The number of nitrogens with zero attached hydrogens (tertiary/aromatic N) is 2. The average Bonchev–Trinajstić information content (AvgIpc) is 2.67. The van der Waals surface area contributed by atoms with Gasteiger partial charge in [-0.2, -0.15) is 5.10 Å². The number of fused-ring (bicyclic) bond motifs is 1. The molecule has 2 aromatic rings. The van der Waals surface area contributed by atoms with E-state index in [-0.39, 0.29) is 0 Å². The van der Waals surface area contributed by atoms with Gasteiger partial charge < -0.3 is 5.73 Å². The highest BCUT2D eigenvalue weighted by atomic mass is 15.3. The zero-order chi connectivity index (χ0) is 13.1. The van der Waals surface area contributed by atoms with Gasteiger partial charge in [-0.3, -0.25) is 4.68 Å². The van der Waals surface area contributed by atoms with Crippen molar-refractivity contribution in [1.82, 2.24) is 9.78 Å². The third-order valence-electron chi connectivity index (χ3n) is 3.64. The van der Waals surface area contributed by atoms with Crippen LogP contribution in [0.2, 0.25) is 0 Å². The zero-order valence-corrected chi connectivity index (χ0v) is 11.6. The van der Waals surface area contributed by atoms with Gasteiger partial charge in [0.25, 0.3) is 0 Å². The van der Waals surface area contributed by atoms with E-state index in [0.29, 0.717) is 12.0 Å². The first kappa shape index (κ1) is 13.1. The Bertz CT molecular complexity index is 513. The molecular weight excluding hydrogens is 222 g/mol. The molecule has 0 radical (unpaired) electrons. The summed E-state index contributed by atoms with van der Waals surface area (Å²) in [6, 6.07) is 8.71. The molecule has 1 heterocycles. The van der Waals surface area contributed by atoms with Gasteiger partial charge in [0.1, 0.15) is 0 Å². The van der Waals surface area contributed by atoms with Crippen LogP contribution < -0.4 is 5.73 Å². The molecule has 0 amide bonds. The van der Waals surface area contributed by atoms with Crippen molar-refractivity contribution in [3.63, 3.8) is 0 Å². The largest absolute Gasteiger partial charge is 0.327 e. The maximum Gasteiger partial charge on any atom is 0.0703 e. The summed E-state index contributed by atoms with van der Waals surface area (Å²) in [5.41, 5.74) is 8.48. The molecule has 0 fully saturated rings. The molecule has 1 aromatic heterocycles. The predicted molar refractivity (Wildman–Crippen MR) is 76.5 cm³/mol. The molecule has 2 rings (SSSR count). The van der Waals surface area contributed by atoms with E-state index in [9.17, 15) is 0 Å². The van der Waals surface area contributed by atoms with Crippen LogP contribution in [-0.4, -0.2) is 15.8 Å². The Morgan fingerprint density at radius 1 is 1.28 bits per heavy atom. The summed E-state index contributed by atoms with van der Waals surface area (Å²) in [4.78, 5) is 0. The van der Waals surface area contributed by atoms with Crippen LogP contribution >= 0.6 is 0 Å². The van der Waals surface area contributed by atoms with Crippen LogP contribution in [-0.2, 0) is 13.5 Å². The molecule has 3 nitrogen and oxygen atoms in total. The van der Waals surface area contributed by atoms with E-state index in [1.165, 1.54) is 16.6 Å². The molecule has 0 aliphatic rings. The molecule has 2 N–H and O–H groups in total. The fourth-order valence-corrected chi connectivity index (χ4v) is 2.31. The smallest absolute Gasteiger partial charge is 0.0703 e. The lowest BCUT2D eigenvalue weighted by Crippen LogP contribution is -2.26. The number of rotatable bonds is 5. The molecule has 1 atom stereocenters. The van der Waals surface area contributed by atoms with Crippen LogP contribution in [0.1, 0.15) is 32.4 Å². The molecule has 0 aliphatic heterocycles. The fraction of sp³-hybridized carbons (Fsp3) is 0.533. The number of para-hydroxylation sites is 1. The molecule has 18 heavy (non-hydrogen) atoms. The van der Waals surface area contributed by atoms with Crippen LogP contribution in [0.3, 0.4) is 0 Å². The second-order valence-corrected chi connectivity index (χ2v) is 5.39. The highest BCUT2D eigenvalue weighted by molar-refractivity contribution is 5.81. The molecule has 3 heteroatoms. The number of nitrogens with two attached hydrogens (primary N) is 1. The molecule has 1 aromatic carbocycles. The fourth-order valence-electron chi connectivity index (χ4n) is 2.31. The minimum absolute atomic E-state index is 0.306. The summed E-state index contributed by atoms with van der Waals surface area (Å²) in [5, 5.41) is 5.88. The van der Waals surface area contributed by atoms with Crippen molar-refractivity contribution < 1.29 is 0 Å². The minimum atomic E-state index is 0.306. The predicted octanol–water partition coefficient (Wildman–Crippen LogP) is 2.88. The van der Waals surface area contributed by atoms with Crippen molar-refractivity contribution in [2.24, 2.45) is 18.7 Å². The number of aromatic nitrogens is 2. The highest BCUT2D eigenvalue weighted by Crippen LogP contribution is 2.19. The lowest BCUT2D eigenvalue weighted by Gasteiger charge is -2.14. The monoisotopic (exact) mass is 245 g/mol. The van der Waals surface area contributed by atoms with E-state index in [1.54, 1.807) is 0 Å². The first-order valence-corrected chi connectivity index (χ1v) is 6.75. The minimum Gasteiger partial charge on any atom is -0.327 e. The summed E-state index contributed by atoms with van der Waals surface area (Å²) >= 11 is 0. The third-order valence-corrected chi connectivity index (χ3v) is 3.64. The lowest BCUT2D eigenvalue weighted by atomic mass is 9.98. The first-order valence-electron chi connectivity index (χ1n) is 6.75. The van der Waals surface area contributed by atoms with Crippen LogP contribution in [0.5, 0.6) is 0 Å². The van der Waals surface area contributed by atoms with E-state index in [4.69, 9.17) is 5.73 Å². The van der Waals surface area contributed by atoms with Crippen molar-refractivity contribution in [3.8, 4) is 0 Å². The normalized spacial score (nSPS) is 13.4. The summed E-state index contributed by atoms with van der Waals surface area (Å²) in [7, 11) is 2.01. The van der Waals surface area contributed by atoms with Gasteiger partial charge >= 0.3 is 0 Å². The van der Waals surface area contributed by atoms with Crippen molar-refractivity contribution in [2.75, 3.05) is 0 Å². The number of hydrogen-bond acceptors (Lipinski definition) is 2. The van der Waals surface area contributed by atoms with Gasteiger partial charge in [0.05, 0.1) is 11.2 Å². The van der Waals surface area contributed by atoms with Gasteiger partial charge in [-0.15, -0.1) is 0 Å². The molecular formula is C15H23N3. The van der Waals surface area contributed by atoms with Crippen molar-refractivity contribution in [3.05, 3.63) is 30.0 Å². The Morgan fingerprint density at radius 3 is 2.72 bits per heavy atom. The van der Waals surface area contributed by atoms with Gasteiger partial charge in [-0.25, -0.2) is 0 Å².